The Labute approximate surface area is 101 Å². The Kier molecular flexibility index (Phi) is 3.51. The molecule has 1 aliphatic rings. The minimum atomic E-state index is -4.33. The first-order valence-electron chi connectivity index (χ1n) is 5.34. The number of halogens is 3. The molecule has 18 heavy (non-hydrogen) atoms. The topological polar surface area (TPSA) is 42.4 Å². The molecule has 0 atom stereocenters. The van der Waals surface area contributed by atoms with E-state index >= 15 is 0 Å². The van der Waals surface area contributed by atoms with Crippen molar-refractivity contribution in [1.82, 2.24) is 9.88 Å². The molecule has 98 valence electrons. The maximum Gasteiger partial charge on any atom is 0.411 e. The zero-order chi connectivity index (χ0) is 13.2. The van der Waals surface area contributed by atoms with E-state index in [0.29, 0.717) is 0 Å². The first-order chi connectivity index (χ1) is 8.46. The number of aromatic nitrogens is 1. The average Bonchev–Trinajstić information content (AvgIpc) is 2.26. The van der Waals surface area contributed by atoms with Gasteiger partial charge in [-0.2, -0.15) is 13.2 Å². The van der Waals surface area contributed by atoms with E-state index in [2.05, 4.69) is 9.72 Å². The van der Waals surface area contributed by atoms with Crippen molar-refractivity contribution in [2.45, 2.75) is 12.3 Å². The van der Waals surface area contributed by atoms with Gasteiger partial charge in [-0.25, -0.2) is 0 Å². The molecule has 1 aliphatic heterocycles. The summed E-state index contributed by atoms with van der Waals surface area (Å²) in [5.74, 6) is -0.289. The molecule has 0 unspecified atom stereocenters. The first kappa shape index (κ1) is 12.8. The van der Waals surface area contributed by atoms with Crippen LogP contribution in [0.4, 0.5) is 13.2 Å². The number of rotatable bonds is 3. The van der Waals surface area contributed by atoms with Crippen LogP contribution in [0.5, 0.6) is 0 Å². The number of hydrogen-bond acceptors (Lipinski definition) is 3. The van der Waals surface area contributed by atoms with Crippen molar-refractivity contribution in [3.63, 3.8) is 0 Å². The maximum atomic E-state index is 11.9. The van der Waals surface area contributed by atoms with Gasteiger partial charge in [0.1, 0.15) is 12.3 Å². The fourth-order valence-electron chi connectivity index (χ4n) is 1.57. The van der Waals surface area contributed by atoms with Crippen molar-refractivity contribution in [3.05, 3.63) is 30.1 Å². The van der Waals surface area contributed by atoms with Crippen LogP contribution in [0.15, 0.2) is 24.4 Å². The van der Waals surface area contributed by atoms with Crippen LogP contribution < -0.4 is 0 Å². The smallest absolute Gasteiger partial charge is 0.365 e. The third-order valence-electron chi connectivity index (χ3n) is 2.50. The van der Waals surface area contributed by atoms with Crippen molar-refractivity contribution in [1.29, 1.82) is 0 Å². The van der Waals surface area contributed by atoms with Gasteiger partial charge in [0.2, 0.25) is 0 Å². The largest absolute Gasteiger partial charge is 0.411 e. The van der Waals surface area contributed by atoms with Crippen LogP contribution in [-0.4, -0.2) is 47.8 Å². The Morgan fingerprint density at radius 3 is 2.72 bits per heavy atom. The first-order valence-corrected chi connectivity index (χ1v) is 5.34. The Balaban J connectivity index is 1.78. The summed E-state index contributed by atoms with van der Waals surface area (Å²) in [7, 11) is 0. The number of carbonyl (C=O) groups excluding carboxylic acids is 1. The average molecular weight is 260 g/mol. The summed E-state index contributed by atoms with van der Waals surface area (Å²) in [4.78, 5) is 17.0. The molecule has 0 aromatic carbocycles. The lowest BCUT2D eigenvalue weighted by Crippen LogP contribution is -2.55. The fraction of sp³-hybridized carbons (Fsp3) is 0.455. The van der Waals surface area contributed by atoms with Crippen molar-refractivity contribution < 1.29 is 22.7 Å². The summed E-state index contributed by atoms with van der Waals surface area (Å²) >= 11 is 0. The van der Waals surface area contributed by atoms with Crippen molar-refractivity contribution in [2.24, 2.45) is 0 Å². The molecule has 2 heterocycles. The molecule has 0 spiro atoms. The minimum Gasteiger partial charge on any atom is -0.365 e. The zero-order valence-corrected chi connectivity index (χ0v) is 9.35. The molecule has 1 fully saturated rings. The Morgan fingerprint density at radius 2 is 2.17 bits per heavy atom. The van der Waals surface area contributed by atoms with E-state index < -0.39 is 18.9 Å². The Hall–Kier alpha value is -1.63. The van der Waals surface area contributed by atoms with Gasteiger partial charge in [0.25, 0.3) is 5.91 Å². The number of alkyl halides is 3. The lowest BCUT2D eigenvalue weighted by Gasteiger charge is -2.38. The van der Waals surface area contributed by atoms with Gasteiger partial charge in [0, 0.05) is 19.3 Å². The quantitative estimate of drug-likeness (QED) is 0.826. The lowest BCUT2D eigenvalue weighted by molar-refractivity contribution is -0.196. The normalized spacial score (nSPS) is 16.5. The summed E-state index contributed by atoms with van der Waals surface area (Å²) in [6.45, 7) is -0.930. The highest BCUT2D eigenvalue weighted by atomic mass is 19.4. The minimum absolute atomic E-state index is 0.172. The number of pyridine rings is 1. The van der Waals surface area contributed by atoms with Gasteiger partial charge in [0.05, 0.1) is 6.10 Å². The van der Waals surface area contributed by atoms with Crippen molar-refractivity contribution in [3.8, 4) is 0 Å². The van der Waals surface area contributed by atoms with E-state index in [1.165, 1.54) is 11.1 Å². The van der Waals surface area contributed by atoms with Gasteiger partial charge in [-0.05, 0) is 12.1 Å². The van der Waals surface area contributed by atoms with E-state index in [9.17, 15) is 18.0 Å². The van der Waals surface area contributed by atoms with E-state index in [-0.39, 0.29) is 24.7 Å². The van der Waals surface area contributed by atoms with Crippen LogP contribution in [0.2, 0.25) is 0 Å². The molecule has 4 nitrogen and oxygen atoms in total. The number of hydrogen-bond donors (Lipinski definition) is 0. The number of carbonyl (C=O) groups is 1. The molecule has 0 saturated carbocycles. The molecule has 0 aliphatic carbocycles. The summed E-state index contributed by atoms with van der Waals surface area (Å²) in [6.07, 6.45) is -3.38. The molecule has 0 radical (unpaired) electrons. The van der Waals surface area contributed by atoms with E-state index in [4.69, 9.17) is 0 Å². The number of likely N-dealkylation sites (tertiary alicyclic amines) is 1. The van der Waals surface area contributed by atoms with Crippen LogP contribution in [0, 0.1) is 0 Å². The number of nitrogens with zero attached hydrogens (tertiary/aromatic N) is 2. The van der Waals surface area contributed by atoms with Crippen LogP contribution in [-0.2, 0) is 4.74 Å². The predicted octanol–water partition coefficient (Wildman–Crippen LogP) is 1.48. The second kappa shape index (κ2) is 4.93. The highest BCUT2D eigenvalue weighted by Gasteiger charge is 2.36. The van der Waals surface area contributed by atoms with Gasteiger partial charge >= 0.3 is 6.18 Å². The predicted molar refractivity (Wildman–Crippen MR) is 55.9 cm³/mol. The number of amides is 1. The molecule has 0 bridgehead atoms. The van der Waals surface area contributed by atoms with Gasteiger partial charge in [0.15, 0.2) is 0 Å². The summed E-state index contributed by atoms with van der Waals surface area (Å²) < 4.78 is 40.3. The van der Waals surface area contributed by atoms with Crippen LogP contribution in [0.25, 0.3) is 0 Å². The third kappa shape index (κ3) is 3.19. The van der Waals surface area contributed by atoms with Gasteiger partial charge < -0.3 is 9.64 Å². The lowest BCUT2D eigenvalue weighted by atomic mass is 10.1. The monoisotopic (exact) mass is 260 g/mol. The third-order valence-corrected chi connectivity index (χ3v) is 2.50. The van der Waals surface area contributed by atoms with Crippen LogP contribution in [0.3, 0.4) is 0 Å². The van der Waals surface area contributed by atoms with Gasteiger partial charge in [-0.15, -0.1) is 0 Å². The van der Waals surface area contributed by atoms with Crippen LogP contribution >= 0.6 is 0 Å². The Bertz CT molecular complexity index is 416. The highest BCUT2D eigenvalue weighted by Crippen LogP contribution is 2.20. The summed E-state index contributed by atoms with van der Waals surface area (Å²) in [5, 5.41) is 0. The summed E-state index contributed by atoms with van der Waals surface area (Å²) in [5.41, 5.74) is 0.284. The van der Waals surface area contributed by atoms with Crippen LogP contribution in [0.1, 0.15) is 10.5 Å². The fourth-order valence-corrected chi connectivity index (χ4v) is 1.57. The van der Waals surface area contributed by atoms with Gasteiger partial charge in [-0.3, -0.25) is 9.78 Å². The standard InChI is InChI=1S/C11H11F3N2O2/c12-11(13,14)7-18-8-5-16(6-8)10(17)9-3-1-2-4-15-9/h1-4,8H,5-7H2. The van der Waals surface area contributed by atoms with E-state index in [1.807, 2.05) is 0 Å². The molecule has 1 aromatic rings. The van der Waals surface area contributed by atoms with Crippen molar-refractivity contribution >= 4 is 5.91 Å². The Morgan fingerprint density at radius 1 is 1.44 bits per heavy atom. The zero-order valence-electron chi connectivity index (χ0n) is 9.35. The second-order valence-electron chi connectivity index (χ2n) is 3.97. The molecular weight excluding hydrogens is 249 g/mol. The molecule has 0 N–H and O–H groups in total. The molecule has 1 saturated heterocycles. The molecular formula is C11H11F3N2O2. The molecule has 1 aromatic heterocycles. The summed E-state index contributed by atoms with van der Waals surface area (Å²) in [6, 6.07) is 4.92. The highest BCUT2D eigenvalue weighted by molar-refractivity contribution is 5.92. The van der Waals surface area contributed by atoms with E-state index in [1.54, 1.807) is 18.2 Å². The molecule has 1 amide bonds. The second-order valence-corrected chi connectivity index (χ2v) is 3.97. The molecule has 7 heteroatoms. The molecule has 2 rings (SSSR count). The number of ether oxygens (including phenoxy) is 1. The van der Waals surface area contributed by atoms with E-state index in [0.717, 1.165) is 0 Å². The SMILES string of the molecule is O=C(c1ccccn1)N1CC(OCC(F)(F)F)C1. The van der Waals surface area contributed by atoms with Gasteiger partial charge in [-0.1, -0.05) is 6.07 Å². The van der Waals surface area contributed by atoms with Crippen molar-refractivity contribution in [2.75, 3.05) is 19.7 Å². The maximum absolute atomic E-state index is 11.9.